The molecule has 2 aromatic heterocycles. The van der Waals surface area contributed by atoms with E-state index in [4.69, 9.17) is 17.3 Å². The monoisotopic (exact) mass is 347 g/mol. The zero-order valence-electron chi connectivity index (χ0n) is 10.4. The number of nitrogens with zero attached hydrogens (tertiary/aromatic N) is 2. The van der Waals surface area contributed by atoms with E-state index in [1.807, 2.05) is 31.5 Å². The summed E-state index contributed by atoms with van der Waals surface area (Å²) in [6.45, 7) is 5.87. The van der Waals surface area contributed by atoms with E-state index >= 15 is 0 Å². The van der Waals surface area contributed by atoms with Crippen molar-refractivity contribution < 1.29 is 0 Å². The van der Waals surface area contributed by atoms with Gasteiger partial charge in [0, 0.05) is 10.9 Å². The molecule has 0 saturated heterocycles. The van der Waals surface area contributed by atoms with Crippen LogP contribution in [0.15, 0.2) is 15.9 Å². The van der Waals surface area contributed by atoms with Crippen molar-refractivity contribution in [3.05, 3.63) is 37.2 Å². The first-order valence-corrected chi connectivity index (χ1v) is 7.62. The van der Waals surface area contributed by atoms with Gasteiger partial charge >= 0.3 is 0 Å². The Hall–Kier alpha value is -0.360. The van der Waals surface area contributed by atoms with Gasteiger partial charge in [-0.2, -0.15) is 5.10 Å². The Kier molecular flexibility index (Phi) is 4.16. The zero-order valence-corrected chi connectivity index (χ0v) is 13.6. The van der Waals surface area contributed by atoms with Crippen molar-refractivity contribution in [2.75, 3.05) is 0 Å². The van der Waals surface area contributed by atoms with Gasteiger partial charge in [-0.25, -0.2) is 0 Å². The van der Waals surface area contributed by atoms with Gasteiger partial charge in [0.15, 0.2) is 0 Å². The number of aryl methyl sites for hydroxylation is 1. The molecule has 0 spiro atoms. The van der Waals surface area contributed by atoms with E-state index < -0.39 is 0 Å². The lowest BCUT2D eigenvalue weighted by molar-refractivity contribution is 0.450. The molecule has 2 atom stereocenters. The summed E-state index contributed by atoms with van der Waals surface area (Å²) in [5.41, 5.74) is 7.93. The average molecular weight is 349 g/mol. The zero-order chi connectivity index (χ0) is 13.4. The van der Waals surface area contributed by atoms with Crippen LogP contribution < -0.4 is 5.73 Å². The molecule has 2 N–H and O–H groups in total. The van der Waals surface area contributed by atoms with E-state index in [1.165, 1.54) is 4.88 Å². The fraction of sp³-hybridized carbons (Fsp3) is 0.417. The number of hydrogen-bond donors (Lipinski definition) is 1. The first-order valence-electron chi connectivity index (χ1n) is 5.64. The third-order valence-electron chi connectivity index (χ3n) is 2.88. The van der Waals surface area contributed by atoms with Crippen molar-refractivity contribution in [3.63, 3.8) is 0 Å². The highest BCUT2D eigenvalue weighted by atomic mass is 79.9. The average Bonchev–Trinajstić information content (AvgIpc) is 2.80. The second-order valence-corrected chi connectivity index (χ2v) is 7.25. The van der Waals surface area contributed by atoms with Crippen molar-refractivity contribution in [1.82, 2.24) is 9.78 Å². The van der Waals surface area contributed by atoms with Gasteiger partial charge < -0.3 is 5.73 Å². The summed E-state index contributed by atoms with van der Waals surface area (Å²) in [5, 5.41) is 5.23. The molecule has 2 aromatic rings. The maximum atomic E-state index is 6.21. The molecule has 0 saturated carbocycles. The Balaban J connectivity index is 2.51. The second kappa shape index (κ2) is 5.33. The smallest absolute Gasteiger partial charge is 0.101 e. The minimum Gasteiger partial charge on any atom is -0.326 e. The molecule has 2 rings (SSSR count). The summed E-state index contributed by atoms with van der Waals surface area (Å²) in [4.78, 5) is 1.18. The summed E-state index contributed by atoms with van der Waals surface area (Å²) < 4.78 is 3.02. The van der Waals surface area contributed by atoms with Gasteiger partial charge in [0.1, 0.15) is 6.04 Å². The van der Waals surface area contributed by atoms with E-state index in [0.717, 1.165) is 20.2 Å². The minimum absolute atomic E-state index is 0.0208. The van der Waals surface area contributed by atoms with Crippen LogP contribution in [0.3, 0.4) is 0 Å². The van der Waals surface area contributed by atoms with Crippen LogP contribution in [0.25, 0.3) is 0 Å². The van der Waals surface area contributed by atoms with Gasteiger partial charge in [-0.15, -0.1) is 11.3 Å². The van der Waals surface area contributed by atoms with Crippen LogP contribution in [0, 0.1) is 13.8 Å². The molecule has 0 amide bonds. The van der Waals surface area contributed by atoms with Gasteiger partial charge in [-0.3, -0.25) is 4.68 Å². The minimum atomic E-state index is -0.0374. The van der Waals surface area contributed by atoms with Crippen molar-refractivity contribution >= 4 is 38.9 Å². The molecule has 0 aliphatic heterocycles. The summed E-state index contributed by atoms with van der Waals surface area (Å²) in [5.74, 6) is 0. The number of thiophene rings is 1. The fourth-order valence-electron chi connectivity index (χ4n) is 2.00. The van der Waals surface area contributed by atoms with E-state index in [-0.39, 0.29) is 12.1 Å². The van der Waals surface area contributed by atoms with Gasteiger partial charge in [-0.05, 0) is 48.8 Å². The molecule has 18 heavy (non-hydrogen) atoms. The Morgan fingerprint density at radius 1 is 1.44 bits per heavy atom. The predicted molar refractivity (Wildman–Crippen MR) is 80.5 cm³/mol. The summed E-state index contributed by atoms with van der Waals surface area (Å²) in [6, 6.07) is 4.09. The van der Waals surface area contributed by atoms with Gasteiger partial charge in [-0.1, -0.05) is 11.6 Å². The van der Waals surface area contributed by atoms with Crippen LogP contribution in [-0.2, 0) is 0 Å². The molecule has 0 aliphatic rings. The topological polar surface area (TPSA) is 43.8 Å². The van der Waals surface area contributed by atoms with Crippen LogP contribution in [0.1, 0.15) is 29.2 Å². The maximum absolute atomic E-state index is 6.21. The molecule has 0 aromatic carbocycles. The standard InChI is InChI=1S/C12H15BrClN3S/c1-6(15)12(9-4-5-10(13)18-9)17-8(3)11(14)7(2)16-17/h4-6,12H,15H2,1-3H3. The summed E-state index contributed by atoms with van der Waals surface area (Å²) in [7, 11) is 0. The predicted octanol–water partition coefficient (Wildman–Crippen LogP) is 3.91. The quantitative estimate of drug-likeness (QED) is 0.914. The van der Waals surface area contributed by atoms with Crippen LogP contribution in [0.2, 0.25) is 5.02 Å². The van der Waals surface area contributed by atoms with Crippen molar-refractivity contribution in [2.24, 2.45) is 5.73 Å². The van der Waals surface area contributed by atoms with Gasteiger partial charge in [0.2, 0.25) is 0 Å². The van der Waals surface area contributed by atoms with Gasteiger partial charge in [0.25, 0.3) is 0 Å². The number of halogens is 2. The highest BCUT2D eigenvalue weighted by molar-refractivity contribution is 9.11. The lowest BCUT2D eigenvalue weighted by Crippen LogP contribution is -2.31. The highest BCUT2D eigenvalue weighted by Gasteiger charge is 2.24. The third-order valence-corrected chi connectivity index (χ3v) is 5.12. The summed E-state index contributed by atoms with van der Waals surface area (Å²) >= 11 is 11.4. The van der Waals surface area contributed by atoms with Crippen LogP contribution >= 0.6 is 38.9 Å². The molecule has 6 heteroatoms. The summed E-state index contributed by atoms with van der Waals surface area (Å²) in [6.07, 6.45) is 0. The molecular formula is C12H15BrClN3S. The Labute approximate surface area is 124 Å². The molecule has 0 aliphatic carbocycles. The molecule has 2 unspecified atom stereocenters. The first kappa shape index (κ1) is 14.1. The molecule has 0 bridgehead atoms. The SMILES string of the molecule is Cc1nn(C(c2ccc(Br)s2)C(C)N)c(C)c1Cl. The molecule has 98 valence electrons. The number of nitrogens with two attached hydrogens (primary N) is 1. The molecule has 0 radical (unpaired) electrons. The molecule has 0 fully saturated rings. The van der Waals surface area contributed by atoms with E-state index in [1.54, 1.807) is 11.3 Å². The van der Waals surface area contributed by atoms with Crippen LogP contribution in [-0.4, -0.2) is 15.8 Å². The largest absolute Gasteiger partial charge is 0.326 e. The van der Waals surface area contributed by atoms with Crippen molar-refractivity contribution in [2.45, 2.75) is 32.9 Å². The Bertz CT molecular complexity index is 562. The van der Waals surface area contributed by atoms with Crippen LogP contribution in [0.5, 0.6) is 0 Å². The number of rotatable bonds is 3. The van der Waals surface area contributed by atoms with Crippen LogP contribution in [0.4, 0.5) is 0 Å². The third kappa shape index (κ3) is 2.50. The Morgan fingerprint density at radius 3 is 2.50 bits per heavy atom. The lowest BCUT2D eigenvalue weighted by atomic mass is 10.1. The van der Waals surface area contributed by atoms with E-state index in [9.17, 15) is 0 Å². The first-order chi connectivity index (χ1) is 8.41. The van der Waals surface area contributed by atoms with E-state index in [2.05, 4.69) is 27.1 Å². The van der Waals surface area contributed by atoms with Gasteiger partial charge in [0.05, 0.1) is 20.2 Å². The highest BCUT2D eigenvalue weighted by Crippen LogP contribution is 2.33. The molecule has 2 heterocycles. The number of aromatic nitrogens is 2. The molecular weight excluding hydrogens is 334 g/mol. The van der Waals surface area contributed by atoms with Crippen molar-refractivity contribution in [1.29, 1.82) is 0 Å². The second-order valence-electron chi connectivity index (χ2n) is 4.38. The van der Waals surface area contributed by atoms with Crippen molar-refractivity contribution in [3.8, 4) is 0 Å². The Morgan fingerprint density at radius 2 is 2.11 bits per heavy atom. The number of hydrogen-bond acceptors (Lipinski definition) is 3. The lowest BCUT2D eigenvalue weighted by Gasteiger charge is -2.21. The maximum Gasteiger partial charge on any atom is 0.101 e. The molecule has 3 nitrogen and oxygen atoms in total. The van der Waals surface area contributed by atoms with E-state index in [0.29, 0.717) is 0 Å². The fourth-order valence-corrected chi connectivity index (χ4v) is 3.75. The normalized spacial score (nSPS) is 14.8.